The first kappa shape index (κ1) is 14.6. The largest absolute Gasteiger partial charge is 0.378 e. The maximum atomic E-state index is 11.3. The van der Waals surface area contributed by atoms with Gasteiger partial charge in [-0.3, -0.25) is 4.98 Å². The van der Waals surface area contributed by atoms with Crippen LogP contribution in [0.15, 0.2) is 47.2 Å². The summed E-state index contributed by atoms with van der Waals surface area (Å²) in [6.07, 6.45) is 3.42. The van der Waals surface area contributed by atoms with Gasteiger partial charge in [0, 0.05) is 22.4 Å². The SMILES string of the molecule is CC(C)C(O)(c1cccnc1)c1nc2cccc(Br)c2s1. The van der Waals surface area contributed by atoms with Crippen LogP contribution in [0.25, 0.3) is 10.2 Å². The second kappa shape index (κ2) is 5.48. The molecular weight excluding hydrogens is 348 g/mol. The second-order valence-electron chi connectivity index (χ2n) is 5.27. The summed E-state index contributed by atoms with van der Waals surface area (Å²) >= 11 is 5.06. The highest BCUT2D eigenvalue weighted by Crippen LogP contribution is 2.41. The van der Waals surface area contributed by atoms with Crippen LogP contribution in [-0.2, 0) is 5.60 Å². The van der Waals surface area contributed by atoms with E-state index < -0.39 is 5.60 Å². The Morgan fingerprint density at radius 3 is 2.67 bits per heavy atom. The van der Waals surface area contributed by atoms with Crippen molar-refractivity contribution >= 4 is 37.5 Å². The fourth-order valence-corrected chi connectivity index (χ4v) is 4.20. The molecule has 1 N–H and O–H groups in total. The number of benzene rings is 1. The van der Waals surface area contributed by atoms with Crippen LogP contribution in [0.3, 0.4) is 0 Å². The Hall–Kier alpha value is -1.30. The van der Waals surface area contributed by atoms with E-state index in [1.165, 1.54) is 11.3 Å². The highest BCUT2D eigenvalue weighted by molar-refractivity contribution is 9.10. The molecular formula is C16H15BrN2OS. The first-order chi connectivity index (χ1) is 10.0. The van der Waals surface area contributed by atoms with Crippen LogP contribution in [-0.4, -0.2) is 15.1 Å². The summed E-state index contributed by atoms with van der Waals surface area (Å²) in [7, 11) is 0. The lowest BCUT2D eigenvalue weighted by Crippen LogP contribution is -2.33. The number of nitrogens with zero attached hydrogens (tertiary/aromatic N) is 2. The standard InChI is InChI=1S/C16H15BrN2OS/c1-10(2)16(20,11-5-4-8-18-9-11)15-19-13-7-3-6-12(17)14(13)21-15/h3-10,20H,1-2H3. The van der Waals surface area contributed by atoms with Crippen LogP contribution in [0.1, 0.15) is 24.4 Å². The predicted octanol–water partition coefficient (Wildman–Crippen LogP) is 4.35. The van der Waals surface area contributed by atoms with Gasteiger partial charge in [-0.15, -0.1) is 11.3 Å². The first-order valence-electron chi connectivity index (χ1n) is 6.72. The van der Waals surface area contributed by atoms with Gasteiger partial charge in [0.25, 0.3) is 0 Å². The van der Waals surface area contributed by atoms with Gasteiger partial charge in [0.1, 0.15) is 10.6 Å². The van der Waals surface area contributed by atoms with E-state index in [4.69, 9.17) is 0 Å². The average Bonchev–Trinajstić information content (AvgIpc) is 2.93. The van der Waals surface area contributed by atoms with Crippen LogP contribution in [0, 0.1) is 5.92 Å². The monoisotopic (exact) mass is 362 g/mol. The van der Waals surface area contributed by atoms with Gasteiger partial charge in [0.05, 0.1) is 10.2 Å². The van der Waals surface area contributed by atoms with E-state index in [0.717, 1.165) is 20.3 Å². The number of aliphatic hydroxyl groups is 1. The smallest absolute Gasteiger partial charge is 0.145 e. The van der Waals surface area contributed by atoms with E-state index in [9.17, 15) is 5.11 Å². The lowest BCUT2D eigenvalue weighted by molar-refractivity contribution is 0.0314. The summed E-state index contributed by atoms with van der Waals surface area (Å²) in [4.78, 5) is 8.79. The van der Waals surface area contributed by atoms with E-state index >= 15 is 0 Å². The molecule has 0 aliphatic heterocycles. The van der Waals surface area contributed by atoms with Crippen molar-refractivity contribution in [2.24, 2.45) is 5.92 Å². The highest BCUT2D eigenvalue weighted by Gasteiger charge is 2.38. The summed E-state index contributed by atoms with van der Waals surface area (Å²) in [6, 6.07) is 9.64. The molecule has 0 radical (unpaired) electrons. The molecule has 0 fully saturated rings. The molecule has 1 aromatic carbocycles. The Kier molecular flexibility index (Phi) is 3.82. The van der Waals surface area contributed by atoms with Crippen molar-refractivity contribution in [1.82, 2.24) is 9.97 Å². The summed E-state index contributed by atoms with van der Waals surface area (Å²) in [5.74, 6) is -0.0129. The van der Waals surface area contributed by atoms with Crippen molar-refractivity contribution in [2.75, 3.05) is 0 Å². The molecule has 3 nitrogen and oxygen atoms in total. The lowest BCUT2D eigenvalue weighted by atomic mass is 9.85. The van der Waals surface area contributed by atoms with Gasteiger partial charge >= 0.3 is 0 Å². The predicted molar refractivity (Wildman–Crippen MR) is 89.4 cm³/mol. The van der Waals surface area contributed by atoms with Crippen molar-refractivity contribution in [3.8, 4) is 0 Å². The topological polar surface area (TPSA) is 46.0 Å². The van der Waals surface area contributed by atoms with Gasteiger partial charge in [-0.1, -0.05) is 26.0 Å². The van der Waals surface area contributed by atoms with Crippen molar-refractivity contribution in [2.45, 2.75) is 19.4 Å². The van der Waals surface area contributed by atoms with Crippen molar-refractivity contribution in [3.05, 3.63) is 57.8 Å². The fraction of sp³-hybridized carbons (Fsp3) is 0.250. The van der Waals surface area contributed by atoms with Gasteiger partial charge in [-0.05, 0) is 40.0 Å². The molecule has 0 saturated heterocycles. The zero-order valence-corrected chi connectivity index (χ0v) is 14.1. The Bertz CT molecular complexity index is 772. The minimum Gasteiger partial charge on any atom is -0.378 e. The number of rotatable bonds is 3. The molecule has 108 valence electrons. The third-order valence-electron chi connectivity index (χ3n) is 3.63. The van der Waals surface area contributed by atoms with Crippen molar-refractivity contribution in [3.63, 3.8) is 0 Å². The molecule has 2 heterocycles. The van der Waals surface area contributed by atoms with Crippen LogP contribution in [0.5, 0.6) is 0 Å². The average molecular weight is 363 g/mol. The molecule has 0 bridgehead atoms. The third-order valence-corrected chi connectivity index (χ3v) is 5.78. The quantitative estimate of drug-likeness (QED) is 0.753. The Labute approximate surface area is 135 Å². The van der Waals surface area contributed by atoms with Crippen LogP contribution in [0.2, 0.25) is 0 Å². The maximum absolute atomic E-state index is 11.3. The van der Waals surface area contributed by atoms with Crippen molar-refractivity contribution in [1.29, 1.82) is 0 Å². The number of aromatic nitrogens is 2. The number of halogens is 1. The molecule has 21 heavy (non-hydrogen) atoms. The first-order valence-corrected chi connectivity index (χ1v) is 8.33. The van der Waals surface area contributed by atoms with Gasteiger partial charge in [0.15, 0.2) is 0 Å². The molecule has 0 aliphatic rings. The van der Waals surface area contributed by atoms with Gasteiger partial charge < -0.3 is 5.11 Å². The second-order valence-corrected chi connectivity index (χ2v) is 7.12. The maximum Gasteiger partial charge on any atom is 0.145 e. The summed E-state index contributed by atoms with van der Waals surface area (Å²) in [5, 5.41) is 12.0. The van der Waals surface area contributed by atoms with E-state index in [-0.39, 0.29) is 5.92 Å². The number of hydrogen-bond acceptors (Lipinski definition) is 4. The van der Waals surface area contributed by atoms with Gasteiger partial charge in [0.2, 0.25) is 0 Å². The van der Waals surface area contributed by atoms with Gasteiger partial charge in [-0.25, -0.2) is 4.98 Å². The summed E-state index contributed by atoms with van der Waals surface area (Å²) < 4.78 is 2.05. The number of thiazole rings is 1. The molecule has 1 atom stereocenters. The minimum atomic E-state index is -1.13. The molecule has 0 amide bonds. The third kappa shape index (κ3) is 2.39. The number of hydrogen-bond donors (Lipinski definition) is 1. The number of pyridine rings is 1. The van der Waals surface area contributed by atoms with E-state index in [1.807, 2.05) is 44.2 Å². The summed E-state index contributed by atoms with van der Waals surface area (Å²) in [5.41, 5.74) is 0.541. The molecule has 2 aromatic heterocycles. The zero-order chi connectivity index (χ0) is 15.0. The normalized spacial score (nSPS) is 14.5. The molecule has 0 spiro atoms. The molecule has 5 heteroatoms. The Morgan fingerprint density at radius 2 is 2.05 bits per heavy atom. The van der Waals surface area contributed by atoms with E-state index in [0.29, 0.717) is 5.01 Å². The van der Waals surface area contributed by atoms with Crippen LogP contribution < -0.4 is 0 Å². The number of fused-ring (bicyclic) bond motifs is 1. The highest BCUT2D eigenvalue weighted by atomic mass is 79.9. The van der Waals surface area contributed by atoms with Crippen molar-refractivity contribution < 1.29 is 5.11 Å². The fourth-order valence-electron chi connectivity index (χ4n) is 2.37. The van der Waals surface area contributed by atoms with Gasteiger partial charge in [-0.2, -0.15) is 0 Å². The van der Waals surface area contributed by atoms with Crippen LogP contribution >= 0.6 is 27.3 Å². The minimum absolute atomic E-state index is 0.0129. The van der Waals surface area contributed by atoms with E-state index in [1.54, 1.807) is 12.4 Å². The molecule has 3 rings (SSSR count). The van der Waals surface area contributed by atoms with Crippen LogP contribution in [0.4, 0.5) is 0 Å². The lowest BCUT2D eigenvalue weighted by Gasteiger charge is -2.30. The molecule has 3 aromatic rings. The zero-order valence-electron chi connectivity index (χ0n) is 11.7. The Balaban J connectivity index is 2.23. The molecule has 0 aliphatic carbocycles. The van der Waals surface area contributed by atoms with E-state index in [2.05, 4.69) is 25.9 Å². The molecule has 0 saturated carbocycles. The Morgan fingerprint density at radius 1 is 1.24 bits per heavy atom. The summed E-state index contributed by atoms with van der Waals surface area (Å²) in [6.45, 7) is 3.99. The molecule has 1 unspecified atom stereocenters.